The Morgan fingerprint density at radius 3 is 0.350 bits per heavy atom. The van der Waals surface area contributed by atoms with Crippen LogP contribution >= 0.6 is 0 Å². The van der Waals surface area contributed by atoms with Gasteiger partial charge in [-0.3, -0.25) is 0 Å². The summed E-state index contributed by atoms with van der Waals surface area (Å²) in [6.07, 6.45) is 0. The molecule has 0 N–H and O–H groups in total. The molecule has 0 saturated carbocycles. The molecule has 0 aliphatic carbocycles. The summed E-state index contributed by atoms with van der Waals surface area (Å²) >= 11 is 22.2. The van der Waals surface area contributed by atoms with Gasteiger partial charge in [0.25, 0.3) is 0 Å². The molecule has 0 aliphatic rings. The Morgan fingerprint density at radius 1 is 0.350 bits per heavy atom. The first-order valence-corrected chi connectivity index (χ1v) is 5.02. The molecule has 0 bridgehead atoms. The summed E-state index contributed by atoms with van der Waals surface area (Å²) in [5, 5.41) is 50.8. The summed E-state index contributed by atoms with van der Waals surface area (Å²) in [6, 6.07) is 0. The van der Waals surface area contributed by atoms with Crippen molar-refractivity contribution in [2.75, 3.05) is 0 Å². The summed E-state index contributed by atoms with van der Waals surface area (Å²) in [4.78, 5) is 0. The zero-order chi connectivity index (χ0) is 16.2. The normalized spacial score (nSPS) is 2.10. The van der Waals surface area contributed by atoms with Crippen molar-refractivity contribution in [2.45, 2.75) is 0 Å². The summed E-state index contributed by atoms with van der Waals surface area (Å²) in [5.74, 6) is 0. The summed E-state index contributed by atoms with van der Waals surface area (Å²) in [7, 11) is 0. The third-order valence-corrected chi connectivity index (χ3v) is 0. The summed E-state index contributed by atoms with van der Waals surface area (Å²) in [5.41, 5.74) is 0. The third-order valence-electron chi connectivity index (χ3n) is 0. The molecule has 0 rings (SSSR count). The van der Waals surface area contributed by atoms with Crippen LogP contribution < -0.4 is 0 Å². The van der Waals surface area contributed by atoms with Gasteiger partial charge in [0, 0.05) is 0 Å². The molecule has 0 atom stereocenters. The van der Waals surface area contributed by atoms with Crippen molar-refractivity contribution in [2.24, 2.45) is 0 Å². The second kappa shape index (κ2) is 195. The molecule has 0 amide bonds. The molecule has 106 valence electrons. The third kappa shape index (κ3) is 9350. The van der Waals surface area contributed by atoms with E-state index < -0.39 is 0 Å². The van der Waals surface area contributed by atoms with Gasteiger partial charge < -0.3 is 75.8 Å². The topological polar surface area (TPSA) is 143 Å². The van der Waals surface area contributed by atoms with Gasteiger partial charge in [-0.05, 0) is 0 Å². The van der Waals surface area contributed by atoms with E-state index in [1.54, 1.807) is 0 Å². The Labute approximate surface area is 172 Å². The fourth-order valence-corrected chi connectivity index (χ4v) is 0. The number of hydrogen-bond donors (Lipinski definition) is 0. The van der Waals surface area contributed by atoms with E-state index in [9.17, 15) is 0 Å². The molecular weight excluding hydrogens is 460 g/mol. The molecule has 0 aromatic carbocycles. The average Bonchev–Trinajstić information content (AvgIpc) is 2.23. The van der Waals surface area contributed by atoms with Crippen molar-refractivity contribution in [3.05, 3.63) is 0 Å². The Balaban J connectivity index is -0.0000000141. The van der Waals surface area contributed by atoms with Crippen molar-refractivity contribution < 1.29 is 34.1 Å². The molecule has 0 fully saturated rings. The van der Waals surface area contributed by atoms with E-state index in [2.05, 4.69) is 75.8 Å². The van der Waals surface area contributed by atoms with Crippen LogP contribution in [0.1, 0.15) is 0 Å². The molecule has 14 heteroatoms. The predicted octanol–water partition coefficient (Wildman–Crippen LogP) is 0.0813. The first kappa shape index (κ1) is 50.6. The van der Waals surface area contributed by atoms with Crippen molar-refractivity contribution in [1.29, 1.82) is 31.6 Å². The fraction of sp³-hybridized carbons (Fsp3) is 0. The molecule has 0 unspecified atom stereocenters. The maximum absolute atomic E-state index is 7.13. The van der Waals surface area contributed by atoms with E-state index in [1.807, 2.05) is 0 Å². The largest absolute Gasteiger partial charge is 3.00 e. The minimum Gasteiger partial charge on any atom is -0.696 e. The molecule has 0 saturated heterocycles. The number of thiocyanates is 6. The van der Waals surface area contributed by atoms with E-state index in [4.69, 9.17) is 31.6 Å². The standard InChI is InChI=1S/6CHNS.2Fe/c6*2-1-3;;/h6*3H;;/q;;;;;;2*+3/p-6. The molecule has 2 radical (unpaired) electrons. The van der Waals surface area contributed by atoms with Crippen molar-refractivity contribution >= 4 is 75.8 Å². The molecule has 0 aromatic heterocycles. The van der Waals surface area contributed by atoms with E-state index in [-0.39, 0.29) is 34.1 Å². The van der Waals surface area contributed by atoms with Gasteiger partial charge in [-0.2, -0.15) is 0 Å². The Bertz CT molecular complexity index is 260. The van der Waals surface area contributed by atoms with Crippen LogP contribution in [-0.2, 0) is 110 Å². The first-order chi connectivity index (χ1) is 8.49. The number of rotatable bonds is 0. The van der Waals surface area contributed by atoms with Gasteiger partial charge in [0.05, 0.1) is 0 Å². The van der Waals surface area contributed by atoms with Gasteiger partial charge in [-0.1, -0.05) is 32.4 Å². The molecular formula is C6Fe2N6S6. The zero-order valence-electron chi connectivity index (χ0n) is 8.84. The minimum atomic E-state index is 0. The molecule has 20 heavy (non-hydrogen) atoms. The Morgan fingerprint density at radius 2 is 0.350 bits per heavy atom. The number of hydrogen-bond acceptors (Lipinski definition) is 12. The summed E-state index contributed by atoms with van der Waals surface area (Å²) in [6.45, 7) is 0. The second-order valence-electron chi connectivity index (χ2n) is 0.548. The SMILES string of the molecule is N#C[S-].N#C[S-].N#C[S-].N#C[S-].N#C[S-].N#C[S-].[Fe+3].[Fe+3]. The van der Waals surface area contributed by atoms with Crippen molar-refractivity contribution in [1.82, 2.24) is 0 Å². The van der Waals surface area contributed by atoms with E-state index >= 15 is 0 Å². The van der Waals surface area contributed by atoms with E-state index in [1.165, 1.54) is 32.4 Å². The van der Waals surface area contributed by atoms with E-state index in [0.29, 0.717) is 0 Å². The van der Waals surface area contributed by atoms with Crippen LogP contribution in [0.5, 0.6) is 0 Å². The van der Waals surface area contributed by atoms with Gasteiger partial charge in [-0.15, -0.1) is 0 Å². The number of nitriles is 6. The zero-order valence-corrected chi connectivity index (χ0v) is 15.9. The minimum absolute atomic E-state index is 0. The van der Waals surface area contributed by atoms with Gasteiger partial charge in [0.2, 0.25) is 0 Å². The predicted molar refractivity (Wildman–Crippen MR) is 77.9 cm³/mol. The van der Waals surface area contributed by atoms with Crippen LogP contribution in [0, 0.1) is 64.0 Å². The number of nitrogens with zero attached hydrogens (tertiary/aromatic N) is 6. The summed E-state index contributed by atoms with van der Waals surface area (Å²) < 4.78 is 0. The molecule has 0 spiro atoms. The van der Waals surface area contributed by atoms with Gasteiger partial charge in [0.15, 0.2) is 0 Å². The van der Waals surface area contributed by atoms with E-state index in [0.717, 1.165) is 0 Å². The Kier molecular flexibility index (Phi) is 494. The van der Waals surface area contributed by atoms with Crippen LogP contribution in [0.2, 0.25) is 0 Å². The fourth-order valence-electron chi connectivity index (χ4n) is 0. The first-order valence-electron chi connectivity index (χ1n) is 2.57. The molecule has 0 aliphatic heterocycles. The second-order valence-corrected chi connectivity index (χ2v) is 1.64. The van der Waals surface area contributed by atoms with Crippen molar-refractivity contribution in [3.8, 4) is 32.4 Å². The van der Waals surface area contributed by atoms with Crippen LogP contribution in [-0.4, -0.2) is 0 Å². The van der Waals surface area contributed by atoms with Crippen LogP contribution in [0.15, 0.2) is 0 Å². The molecule has 0 aromatic rings. The van der Waals surface area contributed by atoms with Gasteiger partial charge >= 0.3 is 34.1 Å². The average molecular weight is 460 g/mol. The van der Waals surface area contributed by atoms with Gasteiger partial charge in [-0.25, -0.2) is 31.6 Å². The van der Waals surface area contributed by atoms with Crippen molar-refractivity contribution in [3.63, 3.8) is 0 Å². The van der Waals surface area contributed by atoms with Crippen LogP contribution in [0.3, 0.4) is 0 Å². The maximum atomic E-state index is 7.13. The van der Waals surface area contributed by atoms with Crippen LogP contribution in [0.25, 0.3) is 0 Å². The van der Waals surface area contributed by atoms with Gasteiger partial charge in [0.1, 0.15) is 0 Å². The van der Waals surface area contributed by atoms with Crippen LogP contribution in [0.4, 0.5) is 0 Å². The molecule has 6 nitrogen and oxygen atoms in total. The Hall–Kier alpha value is -0.701. The molecule has 0 heterocycles. The quantitative estimate of drug-likeness (QED) is 0.274. The maximum Gasteiger partial charge on any atom is 3.00 e. The monoisotopic (exact) mass is 460 g/mol. The smallest absolute Gasteiger partial charge is 0.696 e.